The summed E-state index contributed by atoms with van der Waals surface area (Å²) >= 11 is 1.49. The molecule has 2 aromatic rings. The van der Waals surface area contributed by atoms with Gasteiger partial charge in [-0.2, -0.15) is 0 Å². The monoisotopic (exact) mass is 232 g/mol. The zero-order valence-electron chi connectivity index (χ0n) is 9.82. The molecular formula is C13H16N2S. The topological polar surface area (TPSA) is 38.9 Å². The van der Waals surface area contributed by atoms with Crippen molar-refractivity contribution in [3.63, 3.8) is 0 Å². The number of aromatic nitrogens is 1. The Morgan fingerprint density at radius 3 is 2.62 bits per heavy atom. The van der Waals surface area contributed by atoms with Gasteiger partial charge in [0.15, 0.2) is 5.13 Å². The summed E-state index contributed by atoms with van der Waals surface area (Å²) in [6.07, 6.45) is 0. The third kappa shape index (κ3) is 2.09. The average molecular weight is 232 g/mol. The number of anilines is 1. The summed E-state index contributed by atoms with van der Waals surface area (Å²) in [6, 6.07) is 6.55. The van der Waals surface area contributed by atoms with Gasteiger partial charge in [-0.15, -0.1) is 11.3 Å². The maximum absolute atomic E-state index is 5.67. The lowest BCUT2D eigenvalue weighted by molar-refractivity contribution is 0.866. The number of hydrogen-bond donors (Lipinski definition) is 1. The molecule has 1 aromatic heterocycles. The first-order chi connectivity index (χ1) is 7.58. The van der Waals surface area contributed by atoms with Crippen LogP contribution < -0.4 is 5.73 Å². The van der Waals surface area contributed by atoms with Crippen LogP contribution in [0.4, 0.5) is 5.13 Å². The molecule has 0 aliphatic rings. The lowest BCUT2D eigenvalue weighted by Crippen LogP contribution is -1.91. The summed E-state index contributed by atoms with van der Waals surface area (Å²) in [5, 5.41) is 2.64. The van der Waals surface area contributed by atoms with Crippen molar-refractivity contribution in [1.29, 1.82) is 0 Å². The van der Waals surface area contributed by atoms with E-state index >= 15 is 0 Å². The molecule has 0 fully saturated rings. The van der Waals surface area contributed by atoms with Gasteiger partial charge in [-0.3, -0.25) is 0 Å². The molecule has 0 bridgehead atoms. The minimum Gasteiger partial charge on any atom is -0.375 e. The van der Waals surface area contributed by atoms with Crippen molar-refractivity contribution in [2.24, 2.45) is 0 Å². The number of nitrogens with two attached hydrogens (primary N) is 1. The van der Waals surface area contributed by atoms with Crippen LogP contribution >= 0.6 is 11.3 Å². The number of nitrogens with zero attached hydrogens (tertiary/aromatic N) is 1. The largest absolute Gasteiger partial charge is 0.375 e. The molecule has 1 heterocycles. The van der Waals surface area contributed by atoms with E-state index in [1.807, 2.05) is 5.38 Å². The molecule has 84 valence electrons. The highest BCUT2D eigenvalue weighted by molar-refractivity contribution is 7.13. The van der Waals surface area contributed by atoms with E-state index in [2.05, 4.69) is 44.0 Å². The van der Waals surface area contributed by atoms with Gasteiger partial charge in [0.05, 0.1) is 5.69 Å². The molecule has 0 saturated carbocycles. The maximum atomic E-state index is 5.67. The summed E-state index contributed by atoms with van der Waals surface area (Å²) in [6.45, 7) is 6.50. The van der Waals surface area contributed by atoms with Crippen molar-refractivity contribution in [2.45, 2.75) is 26.7 Å². The fraction of sp³-hybridized carbons (Fsp3) is 0.308. The first-order valence-electron chi connectivity index (χ1n) is 5.40. The molecule has 0 atom stereocenters. The van der Waals surface area contributed by atoms with Crippen LogP contribution in [0.2, 0.25) is 0 Å². The van der Waals surface area contributed by atoms with Crippen LogP contribution in [-0.2, 0) is 0 Å². The van der Waals surface area contributed by atoms with Crippen molar-refractivity contribution < 1.29 is 0 Å². The van der Waals surface area contributed by atoms with E-state index in [1.165, 1.54) is 28.0 Å². The number of thiazole rings is 1. The Balaban J connectivity index is 2.51. The second kappa shape index (κ2) is 4.26. The van der Waals surface area contributed by atoms with Gasteiger partial charge in [0.1, 0.15) is 0 Å². The molecule has 0 saturated heterocycles. The quantitative estimate of drug-likeness (QED) is 0.854. The molecule has 0 radical (unpaired) electrons. The van der Waals surface area contributed by atoms with E-state index in [0.717, 1.165) is 5.69 Å². The highest BCUT2D eigenvalue weighted by Gasteiger charge is 2.08. The molecule has 16 heavy (non-hydrogen) atoms. The summed E-state index contributed by atoms with van der Waals surface area (Å²) < 4.78 is 0. The molecule has 3 heteroatoms. The van der Waals surface area contributed by atoms with Crippen molar-refractivity contribution in [3.05, 3.63) is 34.7 Å². The SMILES string of the molecule is Cc1ccc(C(C)C)cc1-c1csc(N)n1. The van der Waals surface area contributed by atoms with Gasteiger partial charge in [0, 0.05) is 10.9 Å². The molecule has 0 unspecified atom stereocenters. The number of aryl methyl sites for hydroxylation is 1. The number of rotatable bonds is 2. The molecule has 1 aromatic carbocycles. The van der Waals surface area contributed by atoms with Gasteiger partial charge in [0.25, 0.3) is 0 Å². The first kappa shape index (κ1) is 11.1. The van der Waals surface area contributed by atoms with Crippen molar-refractivity contribution in [3.8, 4) is 11.3 Å². The Hall–Kier alpha value is -1.35. The van der Waals surface area contributed by atoms with E-state index in [0.29, 0.717) is 11.0 Å². The van der Waals surface area contributed by atoms with Crippen LogP contribution in [0.1, 0.15) is 30.9 Å². The normalized spacial score (nSPS) is 11.0. The van der Waals surface area contributed by atoms with Crippen LogP contribution in [0, 0.1) is 6.92 Å². The van der Waals surface area contributed by atoms with Crippen LogP contribution in [-0.4, -0.2) is 4.98 Å². The van der Waals surface area contributed by atoms with E-state index in [9.17, 15) is 0 Å². The van der Waals surface area contributed by atoms with Gasteiger partial charge < -0.3 is 5.73 Å². The van der Waals surface area contributed by atoms with Crippen LogP contribution in [0.15, 0.2) is 23.6 Å². The Morgan fingerprint density at radius 1 is 1.31 bits per heavy atom. The van der Waals surface area contributed by atoms with Crippen LogP contribution in [0.3, 0.4) is 0 Å². The Bertz CT molecular complexity index is 500. The molecule has 2 nitrogen and oxygen atoms in total. The van der Waals surface area contributed by atoms with Crippen LogP contribution in [0.25, 0.3) is 11.3 Å². The molecule has 0 aliphatic heterocycles. The van der Waals surface area contributed by atoms with E-state index in [4.69, 9.17) is 5.73 Å². The fourth-order valence-electron chi connectivity index (χ4n) is 1.69. The molecule has 0 aliphatic carbocycles. The Kier molecular flexibility index (Phi) is 2.97. The highest BCUT2D eigenvalue weighted by atomic mass is 32.1. The summed E-state index contributed by atoms with van der Waals surface area (Å²) in [4.78, 5) is 4.34. The lowest BCUT2D eigenvalue weighted by atomic mass is 9.97. The smallest absolute Gasteiger partial charge is 0.180 e. The lowest BCUT2D eigenvalue weighted by Gasteiger charge is -2.09. The van der Waals surface area contributed by atoms with Crippen molar-refractivity contribution >= 4 is 16.5 Å². The highest BCUT2D eigenvalue weighted by Crippen LogP contribution is 2.29. The maximum Gasteiger partial charge on any atom is 0.180 e. The summed E-state index contributed by atoms with van der Waals surface area (Å²) in [5.41, 5.74) is 10.4. The number of nitrogen functional groups attached to an aromatic ring is 1. The van der Waals surface area contributed by atoms with Gasteiger partial charge in [0.2, 0.25) is 0 Å². The molecule has 0 spiro atoms. The fourth-order valence-corrected chi connectivity index (χ4v) is 2.25. The average Bonchev–Trinajstić information content (AvgIpc) is 2.65. The Morgan fingerprint density at radius 2 is 2.06 bits per heavy atom. The first-order valence-corrected chi connectivity index (χ1v) is 6.28. The predicted molar refractivity (Wildman–Crippen MR) is 70.8 cm³/mol. The molecule has 2 rings (SSSR count). The van der Waals surface area contributed by atoms with Crippen molar-refractivity contribution in [1.82, 2.24) is 4.98 Å². The number of benzene rings is 1. The number of hydrogen-bond acceptors (Lipinski definition) is 3. The van der Waals surface area contributed by atoms with Crippen LogP contribution in [0.5, 0.6) is 0 Å². The summed E-state index contributed by atoms with van der Waals surface area (Å²) in [5.74, 6) is 0.537. The van der Waals surface area contributed by atoms with E-state index < -0.39 is 0 Å². The standard InChI is InChI=1S/C13H16N2S/c1-8(2)10-5-4-9(3)11(6-10)12-7-16-13(14)15-12/h4-8H,1-3H3,(H2,14,15). The minimum atomic E-state index is 0.537. The van der Waals surface area contributed by atoms with Gasteiger partial charge in [-0.05, 0) is 30.0 Å². The van der Waals surface area contributed by atoms with Gasteiger partial charge in [-0.1, -0.05) is 26.0 Å². The summed E-state index contributed by atoms with van der Waals surface area (Å²) in [7, 11) is 0. The molecule has 0 amide bonds. The zero-order chi connectivity index (χ0) is 11.7. The van der Waals surface area contributed by atoms with Crippen molar-refractivity contribution in [2.75, 3.05) is 5.73 Å². The van der Waals surface area contributed by atoms with E-state index in [1.54, 1.807) is 0 Å². The second-order valence-electron chi connectivity index (χ2n) is 4.30. The second-order valence-corrected chi connectivity index (χ2v) is 5.19. The third-order valence-electron chi connectivity index (χ3n) is 2.73. The minimum absolute atomic E-state index is 0.537. The zero-order valence-corrected chi connectivity index (χ0v) is 10.6. The van der Waals surface area contributed by atoms with Gasteiger partial charge in [-0.25, -0.2) is 4.98 Å². The van der Waals surface area contributed by atoms with Gasteiger partial charge >= 0.3 is 0 Å². The van der Waals surface area contributed by atoms with E-state index in [-0.39, 0.29) is 0 Å². The Labute approximate surface area is 100 Å². The molecular weight excluding hydrogens is 216 g/mol. The third-order valence-corrected chi connectivity index (χ3v) is 3.40. The predicted octanol–water partition coefficient (Wildman–Crippen LogP) is 3.82. The molecule has 2 N–H and O–H groups in total.